The van der Waals surface area contributed by atoms with Gasteiger partial charge in [0.2, 0.25) is 0 Å². The molecule has 104 valence electrons. The van der Waals surface area contributed by atoms with Crippen LogP contribution in [0.15, 0.2) is 23.2 Å². The van der Waals surface area contributed by atoms with E-state index in [1.807, 2.05) is 0 Å². The minimum absolute atomic E-state index is 0. The highest BCUT2D eigenvalue weighted by Gasteiger charge is 2.31. The molecule has 0 aromatic heterocycles. The van der Waals surface area contributed by atoms with Crippen molar-refractivity contribution in [1.29, 1.82) is 0 Å². The molecule has 2 aliphatic rings. The second-order valence-corrected chi connectivity index (χ2v) is 5.09. The zero-order valence-electron chi connectivity index (χ0n) is 11.5. The monoisotopic (exact) mass is 280 g/mol. The maximum Gasteiger partial charge on any atom is 0.140 e. The van der Waals surface area contributed by atoms with Crippen molar-refractivity contribution < 1.29 is 4.74 Å². The lowest BCUT2D eigenvalue weighted by Gasteiger charge is -2.33. The number of benzene rings is 1. The van der Waals surface area contributed by atoms with Crippen molar-refractivity contribution in [3.63, 3.8) is 0 Å². The highest BCUT2D eigenvalue weighted by atomic mass is 35.5. The van der Waals surface area contributed by atoms with Gasteiger partial charge in [-0.1, -0.05) is 25.1 Å². The first-order chi connectivity index (χ1) is 8.79. The largest absolute Gasteiger partial charge is 0.369 e. The molecule has 0 spiro atoms. The number of aryl methyl sites for hydroxylation is 1. The summed E-state index contributed by atoms with van der Waals surface area (Å²) in [6.07, 6.45) is 2.41. The number of amidine groups is 1. The van der Waals surface area contributed by atoms with Crippen LogP contribution in [0.5, 0.6) is 0 Å². The molecule has 1 N–H and O–H groups in total. The summed E-state index contributed by atoms with van der Waals surface area (Å²) >= 11 is 0. The fourth-order valence-electron chi connectivity index (χ4n) is 2.84. The van der Waals surface area contributed by atoms with E-state index in [9.17, 15) is 0 Å². The summed E-state index contributed by atoms with van der Waals surface area (Å²) in [7, 11) is 0. The number of aliphatic imine (C=N–C) groups is 1. The minimum Gasteiger partial charge on any atom is -0.369 e. The SMILES string of the molecule is CC[C@@H]1Cc2c(C)cccc2C(C2=NCCN2)O1.Cl. The van der Waals surface area contributed by atoms with E-state index in [0.29, 0.717) is 6.10 Å². The van der Waals surface area contributed by atoms with Crippen LogP contribution in [0.4, 0.5) is 0 Å². The Morgan fingerprint density at radius 3 is 2.95 bits per heavy atom. The topological polar surface area (TPSA) is 33.6 Å². The first-order valence-electron chi connectivity index (χ1n) is 6.81. The van der Waals surface area contributed by atoms with E-state index in [-0.39, 0.29) is 18.5 Å². The molecule has 1 unspecified atom stereocenters. The molecule has 1 aromatic rings. The zero-order chi connectivity index (χ0) is 12.5. The van der Waals surface area contributed by atoms with Crippen molar-refractivity contribution in [2.24, 2.45) is 4.99 Å². The van der Waals surface area contributed by atoms with E-state index < -0.39 is 0 Å². The number of hydrogen-bond acceptors (Lipinski definition) is 3. The predicted molar refractivity (Wildman–Crippen MR) is 80.3 cm³/mol. The maximum atomic E-state index is 6.21. The molecular weight excluding hydrogens is 260 g/mol. The van der Waals surface area contributed by atoms with E-state index in [2.05, 4.69) is 42.4 Å². The van der Waals surface area contributed by atoms with Crippen LogP contribution < -0.4 is 5.32 Å². The normalized spacial score (nSPS) is 25.1. The van der Waals surface area contributed by atoms with Gasteiger partial charge in [0.05, 0.1) is 12.6 Å². The van der Waals surface area contributed by atoms with Gasteiger partial charge < -0.3 is 10.1 Å². The van der Waals surface area contributed by atoms with Crippen LogP contribution in [-0.2, 0) is 11.2 Å². The highest BCUT2D eigenvalue weighted by Crippen LogP contribution is 2.34. The quantitative estimate of drug-likeness (QED) is 0.904. The van der Waals surface area contributed by atoms with Crippen molar-refractivity contribution in [3.05, 3.63) is 34.9 Å². The molecule has 0 aliphatic carbocycles. The van der Waals surface area contributed by atoms with Gasteiger partial charge in [0.25, 0.3) is 0 Å². The summed E-state index contributed by atoms with van der Waals surface area (Å²) < 4.78 is 6.21. The number of hydrogen-bond donors (Lipinski definition) is 1. The maximum absolute atomic E-state index is 6.21. The summed E-state index contributed by atoms with van der Waals surface area (Å²) in [5.74, 6) is 1.01. The van der Waals surface area contributed by atoms with E-state index in [0.717, 1.165) is 31.8 Å². The smallest absolute Gasteiger partial charge is 0.140 e. The van der Waals surface area contributed by atoms with Crippen molar-refractivity contribution in [2.45, 2.75) is 38.9 Å². The molecule has 19 heavy (non-hydrogen) atoms. The van der Waals surface area contributed by atoms with Gasteiger partial charge in [0, 0.05) is 6.54 Å². The Labute approximate surface area is 120 Å². The second kappa shape index (κ2) is 5.93. The molecule has 2 aliphatic heterocycles. The summed E-state index contributed by atoms with van der Waals surface area (Å²) in [5, 5.41) is 3.36. The van der Waals surface area contributed by atoms with Gasteiger partial charge in [-0.05, 0) is 36.5 Å². The summed E-state index contributed by atoms with van der Waals surface area (Å²) in [4.78, 5) is 4.54. The molecule has 2 heterocycles. The first kappa shape index (κ1) is 14.4. The van der Waals surface area contributed by atoms with Crippen LogP contribution in [0.25, 0.3) is 0 Å². The average molecular weight is 281 g/mol. The number of fused-ring (bicyclic) bond motifs is 1. The Morgan fingerprint density at radius 1 is 1.42 bits per heavy atom. The van der Waals surface area contributed by atoms with Crippen LogP contribution in [-0.4, -0.2) is 25.0 Å². The third kappa shape index (κ3) is 2.63. The van der Waals surface area contributed by atoms with Gasteiger partial charge in [-0.25, -0.2) is 0 Å². The molecule has 2 atom stereocenters. The standard InChI is InChI=1S/C15H20N2O.ClH/c1-3-11-9-13-10(2)5-4-6-12(13)14(18-11)15-16-7-8-17-15;/h4-6,11,14H,3,7-9H2,1-2H3,(H,16,17);1H/t11-,14?;/m1./s1. The van der Waals surface area contributed by atoms with E-state index in [4.69, 9.17) is 4.74 Å². The van der Waals surface area contributed by atoms with E-state index >= 15 is 0 Å². The summed E-state index contributed by atoms with van der Waals surface area (Å²) in [6, 6.07) is 6.49. The van der Waals surface area contributed by atoms with Crippen molar-refractivity contribution in [2.75, 3.05) is 13.1 Å². The number of ether oxygens (including phenoxy) is 1. The van der Waals surface area contributed by atoms with Crippen molar-refractivity contribution >= 4 is 18.2 Å². The van der Waals surface area contributed by atoms with E-state index in [1.165, 1.54) is 16.7 Å². The van der Waals surface area contributed by atoms with Crippen LogP contribution >= 0.6 is 12.4 Å². The minimum atomic E-state index is 0. The lowest BCUT2D eigenvalue weighted by Crippen LogP contribution is -2.35. The van der Waals surface area contributed by atoms with Crippen LogP contribution in [0.1, 0.15) is 36.1 Å². The van der Waals surface area contributed by atoms with Crippen LogP contribution in [0.3, 0.4) is 0 Å². The molecule has 0 saturated heterocycles. The Kier molecular flexibility index (Phi) is 4.48. The Morgan fingerprint density at radius 2 is 2.26 bits per heavy atom. The molecule has 3 nitrogen and oxygen atoms in total. The molecular formula is C15H21ClN2O. The third-order valence-electron chi connectivity index (χ3n) is 3.89. The molecule has 0 fully saturated rings. The lowest BCUT2D eigenvalue weighted by atomic mass is 9.89. The third-order valence-corrected chi connectivity index (χ3v) is 3.89. The van der Waals surface area contributed by atoms with Crippen molar-refractivity contribution in [3.8, 4) is 0 Å². The number of halogens is 1. The predicted octanol–water partition coefficient (Wildman–Crippen LogP) is 2.81. The first-order valence-corrected chi connectivity index (χ1v) is 6.81. The number of rotatable bonds is 2. The van der Waals surface area contributed by atoms with Gasteiger partial charge in [0.1, 0.15) is 11.9 Å². The molecule has 0 saturated carbocycles. The number of nitrogens with zero attached hydrogens (tertiary/aromatic N) is 1. The Balaban J connectivity index is 0.00000133. The summed E-state index contributed by atoms with van der Waals surface area (Å²) in [6.45, 7) is 6.19. The molecule has 1 aromatic carbocycles. The van der Waals surface area contributed by atoms with Crippen LogP contribution in [0, 0.1) is 6.92 Å². The van der Waals surface area contributed by atoms with Gasteiger partial charge in [-0.15, -0.1) is 12.4 Å². The molecule has 0 radical (unpaired) electrons. The van der Waals surface area contributed by atoms with Crippen LogP contribution in [0.2, 0.25) is 0 Å². The molecule has 4 heteroatoms. The Bertz CT molecular complexity index is 487. The van der Waals surface area contributed by atoms with Gasteiger partial charge >= 0.3 is 0 Å². The van der Waals surface area contributed by atoms with E-state index in [1.54, 1.807) is 0 Å². The fourth-order valence-corrected chi connectivity index (χ4v) is 2.84. The van der Waals surface area contributed by atoms with Gasteiger partial charge in [-0.3, -0.25) is 4.99 Å². The zero-order valence-corrected chi connectivity index (χ0v) is 12.3. The molecule has 0 amide bonds. The highest BCUT2D eigenvalue weighted by molar-refractivity contribution is 5.89. The molecule has 3 rings (SSSR count). The van der Waals surface area contributed by atoms with Crippen molar-refractivity contribution in [1.82, 2.24) is 5.32 Å². The summed E-state index contributed by atoms with van der Waals surface area (Å²) in [5.41, 5.74) is 4.13. The molecule has 0 bridgehead atoms. The fraction of sp³-hybridized carbons (Fsp3) is 0.533. The Hall–Kier alpha value is -1.06. The average Bonchev–Trinajstić information content (AvgIpc) is 2.92. The van der Waals surface area contributed by atoms with Gasteiger partial charge in [0.15, 0.2) is 0 Å². The van der Waals surface area contributed by atoms with Gasteiger partial charge in [-0.2, -0.15) is 0 Å². The second-order valence-electron chi connectivity index (χ2n) is 5.09. The lowest BCUT2D eigenvalue weighted by molar-refractivity contribution is 0.00707. The number of nitrogens with one attached hydrogen (secondary N) is 1.